The van der Waals surface area contributed by atoms with E-state index < -0.39 is 42.9 Å². The van der Waals surface area contributed by atoms with Gasteiger partial charge in [0.2, 0.25) is 0 Å². The highest BCUT2D eigenvalue weighted by atomic mass is 19.4. The molecular weight excluding hydrogens is 283 g/mol. The van der Waals surface area contributed by atoms with Crippen LogP contribution in [0.3, 0.4) is 0 Å². The number of rotatable bonds is 6. The summed E-state index contributed by atoms with van der Waals surface area (Å²) in [7, 11) is 0. The van der Waals surface area contributed by atoms with Crippen LogP contribution in [0.15, 0.2) is 0 Å². The zero-order chi connectivity index (χ0) is 14.4. The van der Waals surface area contributed by atoms with Crippen molar-refractivity contribution in [3.63, 3.8) is 0 Å². The Balaban J connectivity index is 3.02. The maximum atomic E-state index is 12.9. The lowest BCUT2D eigenvalue weighted by Crippen LogP contribution is -2.63. The second-order valence-corrected chi connectivity index (χ2v) is 3.85. The van der Waals surface area contributed by atoms with E-state index in [0.717, 1.165) is 0 Å². The molecule has 108 valence electrons. The number of ether oxygens (including phenoxy) is 1. The number of alkyl halides is 9. The zero-order valence-electron chi connectivity index (χ0n) is 8.51. The second-order valence-electron chi connectivity index (χ2n) is 3.85. The van der Waals surface area contributed by atoms with Gasteiger partial charge in [0.1, 0.15) is 0 Å². The van der Waals surface area contributed by atoms with Crippen molar-refractivity contribution in [1.82, 2.24) is 0 Å². The van der Waals surface area contributed by atoms with Gasteiger partial charge in [-0.2, -0.15) is 35.1 Å². The molecule has 1 saturated heterocycles. The quantitative estimate of drug-likeness (QED) is 0.540. The maximum absolute atomic E-state index is 12.9. The summed E-state index contributed by atoms with van der Waals surface area (Å²) >= 11 is 0. The minimum Gasteiger partial charge on any atom is -0.373 e. The first kappa shape index (κ1) is 15.4. The van der Waals surface area contributed by atoms with Crippen LogP contribution in [0.1, 0.15) is 6.42 Å². The van der Waals surface area contributed by atoms with E-state index in [2.05, 4.69) is 4.74 Å². The summed E-state index contributed by atoms with van der Waals surface area (Å²) in [5.41, 5.74) is 0. The van der Waals surface area contributed by atoms with Crippen LogP contribution < -0.4 is 0 Å². The molecule has 0 bridgehead atoms. The highest BCUT2D eigenvalue weighted by Crippen LogP contribution is 2.54. The third kappa shape index (κ3) is 2.26. The summed E-state index contributed by atoms with van der Waals surface area (Å²) in [6.07, 6.45) is -3.22. The summed E-state index contributed by atoms with van der Waals surface area (Å²) in [6, 6.07) is 0. The fourth-order valence-electron chi connectivity index (χ4n) is 1.14. The first-order chi connectivity index (χ1) is 7.89. The number of halogens is 9. The average Bonchev–Trinajstić information content (AvgIpc) is 3.00. The first-order valence-electron chi connectivity index (χ1n) is 4.58. The molecule has 0 saturated carbocycles. The molecule has 0 spiro atoms. The van der Waals surface area contributed by atoms with Gasteiger partial charge in [0.15, 0.2) is 6.67 Å². The van der Waals surface area contributed by atoms with Gasteiger partial charge >= 0.3 is 23.7 Å². The number of epoxide rings is 1. The molecule has 18 heavy (non-hydrogen) atoms. The van der Waals surface area contributed by atoms with Crippen LogP contribution in [-0.4, -0.2) is 43.1 Å². The van der Waals surface area contributed by atoms with E-state index in [0.29, 0.717) is 0 Å². The summed E-state index contributed by atoms with van der Waals surface area (Å²) in [5.74, 6) is -24.2. The van der Waals surface area contributed by atoms with E-state index in [-0.39, 0.29) is 6.61 Å². The largest absolute Gasteiger partial charge is 0.380 e. The van der Waals surface area contributed by atoms with Gasteiger partial charge in [-0.25, -0.2) is 4.39 Å². The van der Waals surface area contributed by atoms with Gasteiger partial charge in [-0.3, -0.25) is 0 Å². The van der Waals surface area contributed by atoms with Crippen molar-refractivity contribution < 1.29 is 44.3 Å². The van der Waals surface area contributed by atoms with Crippen LogP contribution in [0, 0.1) is 0 Å². The van der Waals surface area contributed by atoms with Gasteiger partial charge in [0, 0.05) is 6.42 Å². The lowest BCUT2D eigenvalue weighted by atomic mass is 9.96. The van der Waals surface area contributed by atoms with Crippen LogP contribution in [0.2, 0.25) is 0 Å². The molecule has 1 heterocycles. The van der Waals surface area contributed by atoms with Crippen molar-refractivity contribution in [3.8, 4) is 0 Å². The van der Waals surface area contributed by atoms with Crippen LogP contribution in [0.25, 0.3) is 0 Å². The molecule has 10 heteroatoms. The summed E-state index contributed by atoms with van der Waals surface area (Å²) < 4.78 is 117. The Kier molecular flexibility index (Phi) is 3.57. The molecule has 1 fully saturated rings. The van der Waals surface area contributed by atoms with Crippen LogP contribution in [0.5, 0.6) is 0 Å². The van der Waals surface area contributed by atoms with Gasteiger partial charge in [0.25, 0.3) is 0 Å². The fourth-order valence-corrected chi connectivity index (χ4v) is 1.14. The van der Waals surface area contributed by atoms with Gasteiger partial charge in [-0.1, -0.05) is 0 Å². The van der Waals surface area contributed by atoms with Gasteiger partial charge in [-0.05, 0) is 0 Å². The van der Waals surface area contributed by atoms with Crippen molar-refractivity contribution in [3.05, 3.63) is 0 Å². The molecular formula is C8H7F9O. The Morgan fingerprint density at radius 2 is 1.22 bits per heavy atom. The van der Waals surface area contributed by atoms with Crippen molar-refractivity contribution in [2.24, 2.45) is 0 Å². The highest BCUT2D eigenvalue weighted by Gasteiger charge is 2.80. The molecule has 1 unspecified atom stereocenters. The van der Waals surface area contributed by atoms with E-state index in [4.69, 9.17) is 0 Å². The monoisotopic (exact) mass is 290 g/mol. The second kappa shape index (κ2) is 4.17. The Bertz CT molecular complexity index is 310. The average molecular weight is 290 g/mol. The lowest BCUT2D eigenvalue weighted by Gasteiger charge is -2.35. The smallest absolute Gasteiger partial charge is 0.373 e. The minimum absolute atomic E-state index is 0.350. The summed E-state index contributed by atoms with van der Waals surface area (Å²) in [4.78, 5) is 0. The Hall–Kier alpha value is -0.670. The van der Waals surface area contributed by atoms with Gasteiger partial charge < -0.3 is 4.74 Å². The molecule has 1 atom stereocenters. The first-order valence-corrected chi connectivity index (χ1v) is 4.58. The molecule has 1 aliphatic heterocycles. The Morgan fingerprint density at radius 3 is 1.56 bits per heavy atom. The molecule has 0 radical (unpaired) electrons. The molecule has 0 N–H and O–H groups in total. The minimum atomic E-state index is -6.51. The SMILES string of the molecule is FCC(F)(F)C(F)(F)C(F)(F)C(F)(F)CC1CO1. The predicted octanol–water partition coefficient (Wildman–Crippen LogP) is 3.29. The van der Waals surface area contributed by atoms with E-state index in [1.54, 1.807) is 0 Å². The molecule has 0 aromatic heterocycles. The van der Waals surface area contributed by atoms with Crippen LogP contribution in [0.4, 0.5) is 39.5 Å². The topological polar surface area (TPSA) is 12.5 Å². The number of hydrogen-bond acceptors (Lipinski definition) is 1. The van der Waals surface area contributed by atoms with Crippen LogP contribution in [-0.2, 0) is 4.74 Å². The molecule has 0 aliphatic carbocycles. The molecule has 1 aliphatic rings. The van der Waals surface area contributed by atoms with E-state index >= 15 is 0 Å². The van der Waals surface area contributed by atoms with Gasteiger partial charge in [-0.15, -0.1) is 0 Å². The zero-order valence-corrected chi connectivity index (χ0v) is 8.51. The summed E-state index contributed by atoms with van der Waals surface area (Å²) in [5, 5.41) is 0. The normalized spacial score (nSPS) is 22.2. The van der Waals surface area contributed by atoms with Gasteiger partial charge in [0.05, 0.1) is 12.7 Å². The Morgan fingerprint density at radius 1 is 0.833 bits per heavy atom. The lowest BCUT2D eigenvalue weighted by molar-refractivity contribution is -0.368. The van der Waals surface area contributed by atoms with E-state index in [9.17, 15) is 39.5 Å². The predicted molar refractivity (Wildman–Crippen MR) is 40.1 cm³/mol. The molecule has 1 rings (SSSR count). The van der Waals surface area contributed by atoms with E-state index in [1.807, 2.05) is 0 Å². The third-order valence-corrected chi connectivity index (χ3v) is 2.37. The fraction of sp³-hybridized carbons (Fsp3) is 1.00. The van der Waals surface area contributed by atoms with E-state index in [1.165, 1.54) is 0 Å². The molecule has 0 amide bonds. The Labute approximate surface area is 94.9 Å². The van der Waals surface area contributed by atoms with Crippen molar-refractivity contribution in [2.75, 3.05) is 13.3 Å². The number of hydrogen-bond donors (Lipinski definition) is 0. The van der Waals surface area contributed by atoms with Crippen molar-refractivity contribution in [2.45, 2.75) is 36.2 Å². The van der Waals surface area contributed by atoms with Crippen LogP contribution >= 0.6 is 0 Å². The molecule has 0 aromatic carbocycles. The van der Waals surface area contributed by atoms with Crippen molar-refractivity contribution >= 4 is 0 Å². The summed E-state index contributed by atoms with van der Waals surface area (Å²) in [6.45, 7) is -3.53. The maximum Gasteiger partial charge on any atom is 0.380 e. The molecule has 1 nitrogen and oxygen atoms in total. The van der Waals surface area contributed by atoms with Crippen molar-refractivity contribution in [1.29, 1.82) is 0 Å². The highest BCUT2D eigenvalue weighted by molar-refractivity contribution is 5.04. The molecule has 0 aromatic rings. The third-order valence-electron chi connectivity index (χ3n) is 2.37. The standard InChI is InChI=1S/C8H7F9O/c9-3-6(12,13)8(16,17)7(14,15)5(10,11)1-4-2-18-4/h4H,1-3H2.